The van der Waals surface area contributed by atoms with Crippen LogP contribution in [-0.4, -0.2) is 16.1 Å². The van der Waals surface area contributed by atoms with E-state index in [1.165, 1.54) is 24.4 Å². The van der Waals surface area contributed by atoms with Gasteiger partial charge in [-0.25, -0.2) is 9.18 Å². The third kappa shape index (κ3) is 3.61. The SMILES string of the molecule is CC(NCc1ccc(C(=O)O)cn1)c1cccc(F)c1. The predicted molar refractivity (Wildman–Crippen MR) is 72.9 cm³/mol. The highest BCUT2D eigenvalue weighted by molar-refractivity contribution is 5.87. The van der Waals surface area contributed by atoms with Gasteiger partial charge in [-0.15, -0.1) is 0 Å². The summed E-state index contributed by atoms with van der Waals surface area (Å²) in [5.41, 5.74) is 1.75. The second-order valence-electron chi connectivity index (χ2n) is 4.50. The fourth-order valence-electron chi connectivity index (χ4n) is 1.81. The fourth-order valence-corrected chi connectivity index (χ4v) is 1.81. The van der Waals surface area contributed by atoms with Gasteiger partial charge in [-0.1, -0.05) is 12.1 Å². The number of benzene rings is 1. The number of pyridine rings is 1. The maximum absolute atomic E-state index is 13.1. The lowest BCUT2D eigenvalue weighted by atomic mass is 10.1. The van der Waals surface area contributed by atoms with E-state index in [2.05, 4.69) is 10.3 Å². The average molecular weight is 274 g/mol. The minimum absolute atomic E-state index is 0.0216. The Morgan fingerprint density at radius 2 is 2.20 bits per heavy atom. The van der Waals surface area contributed by atoms with Gasteiger partial charge in [0.25, 0.3) is 0 Å². The summed E-state index contributed by atoms with van der Waals surface area (Å²) in [6.45, 7) is 2.41. The lowest BCUT2D eigenvalue weighted by molar-refractivity contribution is 0.0696. The molecule has 104 valence electrons. The third-order valence-electron chi connectivity index (χ3n) is 3.01. The monoisotopic (exact) mass is 274 g/mol. The van der Waals surface area contributed by atoms with E-state index in [1.807, 2.05) is 13.0 Å². The molecule has 5 heteroatoms. The molecule has 0 aliphatic heterocycles. The number of aromatic nitrogens is 1. The molecule has 0 fully saturated rings. The standard InChI is InChI=1S/C15H15FN2O2/c1-10(11-3-2-4-13(16)7-11)17-9-14-6-5-12(8-18-14)15(19)20/h2-8,10,17H,9H2,1H3,(H,19,20). The first-order valence-electron chi connectivity index (χ1n) is 6.23. The Bertz CT molecular complexity index is 599. The molecule has 0 bridgehead atoms. The van der Waals surface area contributed by atoms with Crippen molar-refractivity contribution in [3.8, 4) is 0 Å². The Balaban J connectivity index is 1.96. The molecule has 0 radical (unpaired) electrons. The van der Waals surface area contributed by atoms with Gasteiger partial charge in [-0.05, 0) is 36.8 Å². The number of carboxylic acids is 1. The summed E-state index contributed by atoms with van der Waals surface area (Å²) in [5, 5.41) is 12.0. The Hall–Kier alpha value is -2.27. The second kappa shape index (κ2) is 6.25. The number of carboxylic acid groups (broad SMARTS) is 1. The van der Waals surface area contributed by atoms with Crippen molar-refractivity contribution in [2.75, 3.05) is 0 Å². The number of halogens is 1. The van der Waals surface area contributed by atoms with Crippen LogP contribution in [0.5, 0.6) is 0 Å². The quantitative estimate of drug-likeness (QED) is 0.880. The Morgan fingerprint density at radius 3 is 2.80 bits per heavy atom. The molecule has 0 amide bonds. The van der Waals surface area contributed by atoms with Crippen molar-refractivity contribution in [2.45, 2.75) is 19.5 Å². The number of carbonyl (C=O) groups is 1. The number of aromatic carboxylic acids is 1. The maximum Gasteiger partial charge on any atom is 0.337 e. The summed E-state index contributed by atoms with van der Waals surface area (Å²) in [6, 6.07) is 9.56. The summed E-state index contributed by atoms with van der Waals surface area (Å²) in [7, 11) is 0. The van der Waals surface area contributed by atoms with Crippen LogP contribution in [0.3, 0.4) is 0 Å². The van der Waals surface area contributed by atoms with Gasteiger partial charge in [-0.3, -0.25) is 4.98 Å². The van der Waals surface area contributed by atoms with Crippen LogP contribution >= 0.6 is 0 Å². The van der Waals surface area contributed by atoms with Gasteiger partial charge in [0.15, 0.2) is 0 Å². The maximum atomic E-state index is 13.1. The molecule has 0 saturated carbocycles. The van der Waals surface area contributed by atoms with Gasteiger partial charge in [0, 0.05) is 18.8 Å². The first-order chi connectivity index (χ1) is 9.56. The zero-order chi connectivity index (χ0) is 14.5. The van der Waals surface area contributed by atoms with E-state index < -0.39 is 5.97 Å². The van der Waals surface area contributed by atoms with E-state index in [-0.39, 0.29) is 17.4 Å². The lowest BCUT2D eigenvalue weighted by Crippen LogP contribution is -2.19. The van der Waals surface area contributed by atoms with Crippen molar-refractivity contribution >= 4 is 5.97 Å². The summed E-state index contributed by atoms with van der Waals surface area (Å²) < 4.78 is 13.1. The molecule has 2 rings (SSSR count). The van der Waals surface area contributed by atoms with Gasteiger partial charge in [0.05, 0.1) is 11.3 Å². The van der Waals surface area contributed by atoms with Crippen molar-refractivity contribution in [3.63, 3.8) is 0 Å². The molecule has 4 nitrogen and oxygen atoms in total. The normalized spacial score (nSPS) is 12.1. The van der Waals surface area contributed by atoms with Crippen LogP contribution in [0.4, 0.5) is 4.39 Å². The topological polar surface area (TPSA) is 62.2 Å². The first-order valence-corrected chi connectivity index (χ1v) is 6.23. The second-order valence-corrected chi connectivity index (χ2v) is 4.50. The van der Waals surface area contributed by atoms with Crippen LogP contribution in [0.15, 0.2) is 42.6 Å². The highest BCUT2D eigenvalue weighted by atomic mass is 19.1. The van der Waals surface area contributed by atoms with Gasteiger partial charge in [0.2, 0.25) is 0 Å². The van der Waals surface area contributed by atoms with Crippen LogP contribution in [0.25, 0.3) is 0 Å². The third-order valence-corrected chi connectivity index (χ3v) is 3.01. The van der Waals surface area contributed by atoms with E-state index in [0.717, 1.165) is 11.3 Å². The van der Waals surface area contributed by atoms with Crippen molar-refractivity contribution in [2.24, 2.45) is 0 Å². The summed E-state index contributed by atoms with van der Waals surface area (Å²) >= 11 is 0. The lowest BCUT2D eigenvalue weighted by Gasteiger charge is -2.14. The predicted octanol–water partition coefficient (Wildman–Crippen LogP) is 2.77. The van der Waals surface area contributed by atoms with E-state index in [1.54, 1.807) is 12.1 Å². The minimum atomic E-state index is -0.995. The molecular formula is C15H15FN2O2. The number of rotatable bonds is 5. The molecule has 1 heterocycles. The van der Waals surface area contributed by atoms with Crippen molar-refractivity contribution in [3.05, 3.63) is 65.2 Å². The van der Waals surface area contributed by atoms with E-state index in [0.29, 0.717) is 6.54 Å². The smallest absolute Gasteiger partial charge is 0.337 e. The molecule has 0 saturated heterocycles. The van der Waals surface area contributed by atoms with Gasteiger partial charge < -0.3 is 10.4 Å². The van der Waals surface area contributed by atoms with E-state index >= 15 is 0 Å². The van der Waals surface area contributed by atoms with Crippen LogP contribution in [0, 0.1) is 5.82 Å². The summed E-state index contributed by atoms with van der Waals surface area (Å²) in [5.74, 6) is -1.26. The van der Waals surface area contributed by atoms with Crippen molar-refractivity contribution in [1.82, 2.24) is 10.3 Å². The first kappa shape index (κ1) is 14.1. The Morgan fingerprint density at radius 1 is 1.40 bits per heavy atom. The Kier molecular flexibility index (Phi) is 4.42. The van der Waals surface area contributed by atoms with Crippen LogP contribution in [0.1, 0.15) is 34.6 Å². The number of hydrogen-bond acceptors (Lipinski definition) is 3. The molecule has 0 aliphatic rings. The molecule has 1 aromatic carbocycles. The summed E-state index contributed by atoms with van der Waals surface area (Å²) in [4.78, 5) is 14.8. The van der Waals surface area contributed by atoms with Gasteiger partial charge in [-0.2, -0.15) is 0 Å². The average Bonchev–Trinajstić information content (AvgIpc) is 2.45. The van der Waals surface area contributed by atoms with Gasteiger partial charge >= 0.3 is 5.97 Å². The Labute approximate surface area is 116 Å². The van der Waals surface area contributed by atoms with E-state index in [9.17, 15) is 9.18 Å². The molecule has 1 unspecified atom stereocenters. The fraction of sp³-hybridized carbons (Fsp3) is 0.200. The zero-order valence-corrected chi connectivity index (χ0v) is 11.0. The minimum Gasteiger partial charge on any atom is -0.478 e. The van der Waals surface area contributed by atoms with Crippen LogP contribution in [-0.2, 0) is 6.54 Å². The van der Waals surface area contributed by atoms with Crippen molar-refractivity contribution < 1.29 is 14.3 Å². The molecule has 2 N–H and O–H groups in total. The number of nitrogens with one attached hydrogen (secondary N) is 1. The molecule has 2 aromatic rings. The van der Waals surface area contributed by atoms with E-state index in [4.69, 9.17) is 5.11 Å². The number of hydrogen-bond donors (Lipinski definition) is 2. The molecule has 1 aromatic heterocycles. The molecular weight excluding hydrogens is 259 g/mol. The molecule has 0 spiro atoms. The molecule has 0 aliphatic carbocycles. The van der Waals surface area contributed by atoms with Crippen LogP contribution in [0.2, 0.25) is 0 Å². The van der Waals surface area contributed by atoms with Crippen LogP contribution < -0.4 is 5.32 Å². The highest BCUT2D eigenvalue weighted by Gasteiger charge is 2.07. The molecule has 1 atom stereocenters. The molecule has 20 heavy (non-hydrogen) atoms. The number of nitrogens with zero attached hydrogens (tertiary/aromatic N) is 1. The largest absolute Gasteiger partial charge is 0.478 e. The van der Waals surface area contributed by atoms with Crippen molar-refractivity contribution in [1.29, 1.82) is 0 Å². The van der Waals surface area contributed by atoms with Gasteiger partial charge in [0.1, 0.15) is 5.82 Å². The highest BCUT2D eigenvalue weighted by Crippen LogP contribution is 2.14. The zero-order valence-electron chi connectivity index (χ0n) is 11.0. The summed E-state index contributed by atoms with van der Waals surface area (Å²) in [6.07, 6.45) is 1.33.